The van der Waals surface area contributed by atoms with Gasteiger partial charge in [-0.25, -0.2) is 9.37 Å². The van der Waals surface area contributed by atoms with Crippen LogP contribution in [0, 0.1) is 5.82 Å². The summed E-state index contributed by atoms with van der Waals surface area (Å²) in [4.78, 5) is 4.72. The number of anilines is 1. The van der Waals surface area contributed by atoms with Crippen molar-refractivity contribution in [1.29, 1.82) is 0 Å². The molecule has 0 atom stereocenters. The van der Waals surface area contributed by atoms with Crippen molar-refractivity contribution < 1.29 is 4.39 Å². The maximum Gasteiger partial charge on any atom is 0.132 e. The van der Waals surface area contributed by atoms with Crippen molar-refractivity contribution in [1.82, 2.24) is 9.55 Å². The van der Waals surface area contributed by atoms with Gasteiger partial charge in [-0.1, -0.05) is 13.8 Å². The van der Waals surface area contributed by atoms with Crippen LogP contribution in [-0.4, -0.2) is 9.55 Å². The molecule has 1 aliphatic carbocycles. The normalized spacial score (nSPS) is 15.1. The van der Waals surface area contributed by atoms with Gasteiger partial charge in [-0.3, -0.25) is 0 Å². The van der Waals surface area contributed by atoms with Crippen molar-refractivity contribution in [2.75, 3.05) is 5.73 Å². The van der Waals surface area contributed by atoms with Gasteiger partial charge in [0.1, 0.15) is 23.2 Å². The number of aromatic nitrogens is 2. The lowest BCUT2D eigenvalue weighted by molar-refractivity contribution is 0.627. The predicted molar refractivity (Wildman–Crippen MR) is 82.1 cm³/mol. The standard InChI is InChI=1S/C15H17BrFN3/c1-8(2)15-19-13(14(18)20(15)10-4-5-10)11-6-3-9(17)7-12(11)16/h3,6-8,10H,4-5,18H2,1-2H3. The van der Waals surface area contributed by atoms with Gasteiger partial charge in [-0.2, -0.15) is 0 Å². The summed E-state index contributed by atoms with van der Waals surface area (Å²) < 4.78 is 16.1. The summed E-state index contributed by atoms with van der Waals surface area (Å²) in [5.41, 5.74) is 7.89. The van der Waals surface area contributed by atoms with Crippen LogP contribution in [0.15, 0.2) is 22.7 Å². The van der Waals surface area contributed by atoms with E-state index in [0.29, 0.717) is 22.3 Å². The summed E-state index contributed by atoms with van der Waals surface area (Å²) in [6.07, 6.45) is 2.31. The first kappa shape index (κ1) is 13.6. The molecule has 106 valence electrons. The van der Waals surface area contributed by atoms with Crippen LogP contribution >= 0.6 is 15.9 Å². The number of hydrogen-bond acceptors (Lipinski definition) is 2. The van der Waals surface area contributed by atoms with E-state index >= 15 is 0 Å². The highest BCUT2D eigenvalue weighted by Crippen LogP contribution is 2.43. The molecule has 0 spiro atoms. The van der Waals surface area contributed by atoms with Crippen molar-refractivity contribution in [2.24, 2.45) is 0 Å². The van der Waals surface area contributed by atoms with Gasteiger partial charge in [-0.05, 0) is 47.0 Å². The van der Waals surface area contributed by atoms with E-state index in [-0.39, 0.29) is 5.82 Å². The number of hydrogen-bond donors (Lipinski definition) is 1. The number of nitrogens with zero attached hydrogens (tertiary/aromatic N) is 2. The molecule has 0 radical (unpaired) electrons. The van der Waals surface area contributed by atoms with Crippen LogP contribution in [0.1, 0.15) is 44.5 Å². The average molecular weight is 338 g/mol. The van der Waals surface area contributed by atoms with Crippen LogP contribution < -0.4 is 5.73 Å². The molecule has 3 rings (SSSR count). The molecule has 2 aromatic rings. The minimum Gasteiger partial charge on any atom is -0.383 e. The third-order valence-corrected chi connectivity index (χ3v) is 4.25. The van der Waals surface area contributed by atoms with Gasteiger partial charge in [0.05, 0.1) is 0 Å². The van der Waals surface area contributed by atoms with E-state index in [2.05, 4.69) is 34.3 Å². The lowest BCUT2D eigenvalue weighted by Gasteiger charge is -2.10. The fraction of sp³-hybridized carbons (Fsp3) is 0.400. The fourth-order valence-corrected chi connectivity index (χ4v) is 3.01. The summed E-state index contributed by atoms with van der Waals surface area (Å²) in [6, 6.07) is 5.08. The van der Waals surface area contributed by atoms with Gasteiger partial charge < -0.3 is 10.3 Å². The minimum absolute atomic E-state index is 0.273. The van der Waals surface area contributed by atoms with Gasteiger partial charge in [-0.15, -0.1) is 0 Å². The second-order valence-electron chi connectivity index (χ2n) is 5.58. The molecule has 3 nitrogen and oxygen atoms in total. The van der Waals surface area contributed by atoms with E-state index in [1.165, 1.54) is 12.1 Å². The summed E-state index contributed by atoms with van der Waals surface area (Å²) in [5.74, 6) is 1.73. The molecule has 1 saturated carbocycles. The number of nitrogens with two attached hydrogens (primary N) is 1. The second-order valence-corrected chi connectivity index (χ2v) is 6.44. The molecule has 1 heterocycles. The van der Waals surface area contributed by atoms with Crippen LogP contribution in [-0.2, 0) is 0 Å². The van der Waals surface area contributed by atoms with Crippen LogP contribution in [0.4, 0.5) is 10.2 Å². The zero-order valence-electron chi connectivity index (χ0n) is 11.5. The molecular formula is C15H17BrFN3. The largest absolute Gasteiger partial charge is 0.383 e. The SMILES string of the molecule is CC(C)c1nc(-c2ccc(F)cc2Br)c(N)n1C1CC1. The van der Waals surface area contributed by atoms with Crippen LogP contribution in [0.5, 0.6) is 0 Å². The summed E-state index contributed by atoms with van der Waals surface area (Å²) in [7, 11) is 0. The Morgan fingerprint density at radius 2 is 2.10 bits per heavy atom. The van der Waals surface area contributed by atoms with Crippen molar-refractivity contribution >= 4 is 21.7 Å². The van der Waals surface area contributed by atoms with Crippen molar-refractivity contribution in [3.05, 3.63) is 34.3 Å². The Bertz CT molecular complexity index is 659. The average Bonchev–Trinajstić information content (AvgIpc) is 3.14. The van der Waals surface area contributed by atoms with Crippen LogP contribution in [0.3, 0.4) is 0 Å². The Morgan fingerprint density at radius 3 is 2.65 bits per heavy atom. The zero-order chi connectivity index (χ0) is 14.4. The van der Waals surface area contributed by atoms with E-state index < -0.39 is 0 Å². The van der Waals surface area contributed by atoms with Gasteiger partial charge in [0.2, 0.25) is 0 Å². The molecular weight excluding hydrogens is 321 g/mol. The molecule has 0 aliphatic heterocycles. The van der Waals surface area contributed by atoms with Crippen molar-refractivity contribution in [3.8, 4) is 11.3 Å². The Morgan fingerprint density at radius 1 is 1.40 bits per heavy atom. The van der Waals surface area contributed by atoms with E-state index in [1.807, 2.05) is 0 Å². The monoisotopic (exact) mass is 337 g/mol. The topological polar surface area (TPSA) is 43.8 Å². The molecule has 1 fully saturated rings. The van der Waals surface area contributed by atoms with Crippen molar-refractivity contribution in [3.63, 3.8) is 0 Å². The lowest BCUT2D eigenvalue weighted by atomic mass is 10.1. The first-order valence-electron chi connectivity index (χ1n) is 6.82. The van der Waals surface area contributed by atoms with Gasteiger partial charge in [0.15, 0.2) is 0 Å². The van der Waals surface area contributed by atoms with Crippen LogP contribution in [0.2, 0.25) is 0 Å². The summed E-state index contributed by atoms with van der Waals surface area (Å²) in [5, 5.41) is 0. The Hall–Kier alpha value is -1.36. The number of rotatable bonds is 3. The van der Waals surface area contributed by atoms with E-state index in [0.717, 1.165) is 29.9 Å². The highest BCUT2D eigenvalue weighted by atomic mass is 79.9. The molecule has 1 aromatic carbocycles. The van der Waals surface area contributed by atoms with Gasteiger partial charge in [0, 0.05) is 22.0 Å². The smallest absolute Gasteiger partial charge is 0.132 e. The highest BCUT2D eigenvalue weighted by Gasteiger charge is 2.31. The third kappa shape index (κ3) is 2.24. The maximum absolute atomic E-state index is 13.2. The molecule has 0 amide bonds. The Kier molecular flexibility index (Phi) is 3.32. The molecule has 1 aliphatic rings. The molecule has 5 heteroatoms. The van der Waals surface area contributed by atoms with Gasteiger partial charge in [0.25, 0.3) is 0 Å². The number of halogens is 2. The molecule has 0 unspecified atom stereocenters. The first-order valence-corrected chi connectivity index (χ1v) is 7.61. The number of benzene rings is 1. The number of nitrogen functional groups attached to an aromatic ring is 1. The van der Waals surface area contributed by atoms with E-state index in [1.54, 1.807) is 6.07 Å². The summed E-state index contributed by atoms with van der Waals surface area (Å²) >= 11 is 3.40. The zero-order valence-corrected chi connectivity index (χ0v) is 13.1. The van der Waals surface area contributed by atoms with Crippen molar-refractivity contribution in [2.45, 2.75) is 38.6 Å². The maximum atomic E-state index is 13.2. The highest BCUT2D eigenvalue weighted by molar-refractivity contribution is 9.10. The number of imidazole rings is 1. The predicted octanol–water partition coefficient (Wildman–Crippen LogP) is 4.49. The summed E-state index contributed by atoms with van der Waals surface area (Å²) in [6.45, 7) is 4.23. The first-order chi connectivity index (χ1) is 9.49. The fourth-order valence-electron chi connectivity index (χ4n) is 2.47. The van der Waals surface area contributed by atoms with Gasteiger partial charge >= 0.3 is 0 Å². The molecule has 1 aromatic heterocycles. The quantitative estimate of drug-likeness (QED) is 0.896. The third-order valence-electron chi connectivity index (χ3n) is 3.59. The van der Waals surface area contributed by atoms with E-state index in [9.17, 15) is 4.39 Å². The lowest BCUT2D eigenvalue weighted by Crippen LogP contribution is -2.06. The second kappa shape index (κ2) is 4.88. The minimum atomic E-state index is -0.273. The van der Waals surface area contributed by atoms with Crippen LogP contribution in [0.25, 0.3) is 11.3 Å². The molecule has 0 bridgehead atoms. The Balaban J connectivity index is 2.16. The van der Waals surface area contributed by atoms with E-state index in [4.69, 9.17) is 10.7 Å². The molecule has 0 saturated heterocycles. The molecule has 2 N–H and O–H groups in total. The molecule has 20 heavy (non-hydrogen) atoms. The Labute approximate surface area is 126 Å².